The van der Waals surface area contributed by atoms with E-state index in [4.69, 9.17) is 5.73 Å². The summed E-state index contributed by atoms with van der Waals surface area (Å²) >= 11 is 0. The molecule has 0 spiro atoms. The summed E-state index contributed by atoms with van der Waals surface area (Å²) in [7, 11) is 0. The first-order valence-electron chi connectivity index (χ1n) is 6.72. The van der Waals surface area contributed by atoms with Crippen molar-refractivity contribution in [3.05, 3.63) is 23.8 Å². The van der Waals surface area contributed by atoms with Gasteiger partial charge in [0, 0.05) is 18.3 Å². The number of phenolic OH excluding ortho intramolecular Hbond substituents is 1. The van der Waals surface area contributed by atoms with Crippen molar-refractivity contribution in [1.29, 1.82) is 0 Å². The largest absolute Gasteiger partial charge is 0.508 e. The van der Waals surface area contributed by atoms with E-state index in [1.54, 1.807) is 6.07 Å². The van der Waals surface area contributed by atoms with Gasteiger partial charge in [-0.05, 0) is 44.1 Å². The van der Waals surface area contributed by atoms with Gasteiger partial charge in [-0.1, -0.05) is 6.92 Å². The van der Waals surface area contributed by atoms with Crippen LogP contribution >= 0.6 is 0 Å². The van der Waals surface area contributed by atoms with Crippen LogP contribution in [0.1, 0.15) is 30.1 Å². The molecule has 104 valence electrons. The maximum Gasteiger partial charge on any atom is 0.253 e. The van der Waals surface area contributed by atoms with Crippen LogP contribution in [0, 0.1) is 0 Å². The first kappa shape index (κ1) is 13.7. The first-order valence-corrected chi connectivity index (χ1v) is 6.72. The van der Waals surface area contributed by atoms with E-state index >= 15 is 0 Å². The van der Waals surface area contributed by atoms with Gasteiger partial charge in [0.15, 0.2) is 0 Å². The van der Waals surface area contributed by atoms with Crippen molar-refractivity contribution in [3.8, 4) is 5.75 Å². The molecular formula is C14H21N3O2. The smallest absolute Gasteiger partial charge is 0.253 e. The second-order valence-corrected chi connectivity index (χ2v) is 4.98. The van der Waals surface area contributed by atoms with Gasteiger partial charge in [-0.15, -0.1) is 0 Å². The Morgan fingerprint density at radius 2 is 2.37 bits per heavy atom. The van der Waals surface area contributed by atoms with Crippen LogP contribution in [0.5, 0.6) is 5.75 Å². The summed E-state index contributed by atoms with van der Waals surface area (Å²) in [5.74, 6) is -0.158. The summed E-state index contributed by atoms with van der Waals surface area (Å²) in [6, 6.07) is 4.59. The van der Waals surface area contributed by atoms with E-state index in [-0.39, 0.29) is 17.7 Å². The lowest BCUT2D eigenvalue weighted by Crippen LogP contribution is -2.47. The Balaban J connectivity index is 2.02. The highest BCUT2D eigenvalue weighted by Gasteiger charge is 2.21. The van der Waals surface area contributed by atoms with Crippen molar-refractivity contribution in [2.45, 2.75) is 25.8 Å². The van der Waals surface area contributed by atoms with E-state index in [9.17, 15) is 9.90 Å². The minimum atomic E-state index is -0.212. The molecule has 1 aliphatic rings. The molecule has 0 aliphatic carbocycles. The predicted molar refractivity (Wildman–Crippen MR) is 75.1 cm³/mol. The van der Waals surface area contributed by atoms with Crippen molar-refractivity contribution in [3.63, 3.8) is 0 Å². The Labute approximate surface area is 113 Å². The fourth-order valence-electron chi connectivity index (χ4n) is 2.46. The highest BCUT2D eigenvalue weighted by Crippen LogP contribution is 2.19. The molecule has 1 unspecified atom stereocenters. The van der Waals surface area contributed by atoms with Gasteiger partial charge in [0.1, 0.15) is 5.75 Å². The zero-order chi connectivity index (χ0) is 13.8. The monoisotopic (exact) mass is 263 g/mol. The van der Waals surface area contributed by atoms with Crippen molar-refractivity contribution in [2.24, 2.45) is 0 Å². The number of nitrogens with two attached hydrogens (primary N) is 1. The maximum atomic E-state index is 12.2. The molecule has 1 aromatic carbocycles. The molecule has 0 aromatic heterocycles. The van der Waals surface area contributed by atoms with Crippen molar-refractivity contribution >= 4 is 11.6 Å². The first-order chi connectivity index (χ1) is 9.10. The Morgan fingerprint density at radius 1 is 1.58 bits per heavy atom. The average Bonchev–Trinajstić information content (AvgIpc) is 2.41. The highest BCUT2D eigenvalue weighted by atomic mass is 16.3. The summed E-state index contributed by atoms with van der Waals surface area (Å²) in [5.41, 5.74) is 6.50. The SMILES string of the molecule is CCN1CCCC(NC(=O)c2cc(O)ccc2N)C1. The Bertz CT molecular complexity index is 462. The fraction of sp³-hybridized carbons (Fsp3) is 0.500. The van der Waals surface area contributed by atoms with Crippen LogP contribution in [-0.4, -0.2) is 41.6 Å². The van der Waals surface area contributed by atoms with Gasteiger partial charge in [-0.2, -0.15) is 0 Å². The molecule has 1 heterocycles. The van der Waals surface area contributed by atoms with Gasteiger partial charge in [-0.3, -0.25) is 4.79 Å². The lowest BCUT2D eigenvalue weighted by atomic mass is 10.0. The molecule has 19 heavy (non-hydrogen) atoms. The summed E-state index contributed by atoms with van der Waals surface area (Å²) in [4.78, 5) is 14.5. The van der Waals surface area contributed by atoms with E-state index in [1.165, 1.54) is 12.1 Å². The molecule has 5 heteroatoms. The lowest BCUT2D eigenvalue weighted by molar-refractivity contribution is 0.0906. The second-order valence-electron chi connectivity index (χ2n) is 4.98. The van der Waals surface area contributed by atoms with Gasteiger partial charge >= 0.3 is 0 Å². The van der Waals surface area contributed by atoms with Crippen LogP contribution in [0.2, 0.25) is 0 Å². The van der Waals surface area contributed by atoms with E-state index in [1.807, 2.05) is 0 Å². The van der Waals surface area contributed by atoms with Gasteiger partial charge in [0.05, 0.1) is 5.56 Å². The number of likely N-dealkylation sites (N-methyl/N-ethyl adjacent to an activating group) is 1. The van der Waals surface area contributed by atoms with E-state index in [0.717, 1.165) is 32.5 Å². The number of benzene rings is 1. The highest BCUT2D eigenvalue weighted by molar-refractivity contribution is 5.99. The number of carbonyl (C=O) groups excluding carboxylic acids is 1. The molecule has 1 saturated heterocycles. The van der Waals surface area contributed by atoms with Crippen molar-refractivity contribution < 1.29 is 9.90 Å². The number of hydrogen-bond donors (Lipinski definition) is 3. The number of anilines is 1. The number of piperidine rings is 1. The summed E-state index contributed by atoms with van der Waals surface area (Å²) in [5, 5.41) is 12.4. The zero-order valence-corrected chi connectivity index (χ0v) is 11.2. The molecule has 4 N–H and O–H groups in total. The normalized spacial score (nSPS) is 20.2. The molecule has 0 radical (unpaired) electrons. The van der Waals surface area contributed by atoms with E-state index in [2.05, 4.69) is 17.1 Å². The molecular weight excluding hydrogens is 242 g/mol. The van der Waals surface area contributed by atoms with Gasteiger partial charge < -0.3 is 21.1 Å². The minimum absolute atomic E-state index is 0.0539. The maximum absolute atomic E-state index is 12.2. The third-order valence-corrected chi connectivity index (χ3v) is 3.57. The molecule has 5 nitrogen and oxygen atoms in total. The minimum Gasteiger partial charge on any atom is -0.508 e. The number of nitrogens with zero attached hydrogens (tertiary/aromatic N) is 1. The van der Waals surface area contributed by atoms with Crippen LogP contribution in [0.4, 0.5) is 5.69 Å². The van der Waals surface area contributed by atoms with E-state index in [0.29, 0.717) is 11.3 Å². The molecule has 1 fully saturated rings. The molecule has 1 atom stereocenters. The standard InChI is InChI=1S/C14H21N3O2/c1-2-17-7-3-4-10(9-17)16-14(19)12-8-11(18)5-6-13(12)15/h5-6,8,10,18H,2-4,7,9,15H2,1H3,(H,16,19). The third kappa shape index (κ3) is 3.38. The zero-order valence-electron chi connectivity index (χ0n) is 11.2. The van der Waals surface area contributed by atoms with Gasteiger partial charge in [0.25, 0.3) is 5.91 Å². The Hall–Kier alpha value is -1.75. The van der Waals surface area contributed by atoms with Gasteiger partial charge in [0.2, 0.25) is 0 Å². The molecule has 0 saturated carbocycles. The fourth-order valence-corrected chi connectivity index (χ4v) is 2.46. The quantitative estimate of drug-likeness (QED) is 0.565. The van der Waals surface area contributed by atoms with E-state index < -0.39 is 0 Å². The summed E-state index contributed by atoms with van der Waals surface area (Å²) in [6.45, 7) is 5.09. The molecule has 2 rings (SSSR count). The number of nitrogen functional groups attached to an aromatic ring is 1. The third-order valence-electron chi connectivity index (χ3n) is 3.57. The van der Waals surface area contributed by atoms with Crippen molar-refractivity contribution in [1.82, 2.24) is 10.2 Å². The number of amides is 1. The number of nitrogens with one attached hydrogen (secondary N) is 1. The predicted octanol–water partition coefficient (Wildman–Crippen LogP) is 1.19. The molecule has 1 aliphatic heterocycles. The van der Waals surface area contributed by atoms with Crippen LogP contribution in [0.15, 0.2) is 18.2 Å². The number of likely N-dealkylation sites (tertiary alicyclic amines) is 1. The number of rotatable bonds is 3. The lowest BCUT2D eigenvalue weighted by Gasteiger charge is -2.32. The van der Waals surface area contributed by atoms with Crippen LogP contribution in [0.25, 0.3) is 0 Å². The number of aromatic hydroxyl groups is 1. The summed E-state index contributed by atoms with van der Waals surface area (Å²) in [6.07, 6.45) is 2.08. The number of carbonyl (C=O) groups is 1. The van der Waals surface area contributed by atoms with Crippen molar-refractivity contribution in [2.75, 3.05) is 25.4 Å². The Morgan fingerprint density at radius 3 is 3.11 bits per heavy atom. The average molecular weight is 263 g/mol. The molecule has 0 bridgehead atoms. The second kappa shape index (κ2) is 5.93. The van der Waals surface area contributed by atoms with Gasteiger partial charge in [-0.25, -0.2) is 0 Å². The Kier molecular flexibility index (Phi) is 4.27. The number of hydrogen-bond acceptors (Lipinski definition) is 4. The summed E-state index contributed by atoms with van der Waals surface area (Å²) < 4.78 is 0. The van der Waals surface area contributed by atoms with Crippen LogP contribution < -0.4 is 11.1 Å². The number of phenols is 1. The topological polar surface area (TPSA) is 78.6 Å². The van der Waals surface area contributed by atoms with Crippen LogP contribution in [-0.2, 0) is 0 Å². The van der Waals surface area contributed by atoms with Crippen LogP contribution in [0.3, 0.4) is 0 Å². The molecule has 1 amide bonds. The molecule has 1 aromatic rings.